The van der Waals surface area contributed by atoms with Crippen molar-refractivity contribution in [3.05, 3.63) is 87.4 Å². The fourth-order valence-corrected chi connectivity index (χ4v) is 4.30. The Morgan fingerprint density at radius 3 is 2.77 bits per heavy atom. The van der Waals surface area contributed by atoms with Gasteiger partial charge < -0.3 is 9.88 Å². The minimum Gasteiger partial charge on any atom is -0.329 e. The van der Waals surface area contributed by atoms with Gasteiger partial charge in [-0.15, -0.1) is 0 Å². The SMILES string of the molecule is Clc1cc(Cl)cc(Cn2ccnc2CNC2CCCc3ccccc32)c1. The second kappa shape index (κ2) is 7.83. The van der Waals surface area contributed by atoms with Crippen molar-refractivity contribution >= 4 is 23.2 Å². The Morgan fingerprint density at radius 1 is 1.12 bits per heavy atom. The molecule has 0 radical (unpaired) electrons. The number of imidazole rings is 1. The number of hydrogen-bond donors (Lipinski definition) is 1. The zero-order valence-corrected chi connectivity index (χ0v) is 16.0. The molecule has 0 fully saturated rings. The van der Waals surface area contributed by atoms with E-state index in [1.165, 1.54) is 30.4 Å². The summed E-state index contributed by atoms with van der Waals surface area (Å²) < 4.78 is 2.14. The number of aromatic nitrogens is 2. The highest BCUT2D eigenvalue weighted by Gasteiger charge is 2.19. The topological polar surface area (TPSA) is 29.9 Å². The van der Waals surface area contributed by atoms with Gasteiger partial charge in [0.15, 0.2) is 0 Å². The summed E-state index contributed by atoms with van der Waals surface area (Å²) in [6, 6.07) is 14.8. The number of nitrogens with one attached hydrogen (secondary N) is 1. The molecule has 0 saturated carbocycles. The molecule has 1 unspecified atom stereocenters. The summed E-state index contributed by atoms with van der Waals surface area (Å²) in [6.07, 6.45) is 7.42. The van der Waals surface area contributed by atoms with Crippen LogP contribution in [0.3, 0.4) is 0 Å². The first-order chi connectivity index (χ1) is 12.7. The van der Waals surface area contributed by atoms with Crippen molar-refractivity contribution < 1.29 is 0 Å². The van der Waals surface area contributed by atoms with E-state index >= 15 is 0 Å². The second-order valence-electron chi connectivity index (χ2n) is 6.77. The van der Waals surface area contributed by atoms with E-state index in [-0.39, 0.29) is 0 Å². The van der Waals surface area contributed by atoms with Crippen molar-refractivity contribution in [2.75, 3.05) is 0 Å². The van der Waals surface area contributed by atoms with Gasteiger partial charge in [-0.2, -0.15) is 0 Å². The van der Waals surface area contributed by atoms with Crippen molar-refractivity contribution in [2.45, 2.75) is 38.4 Å². The van der Waals surface area contributed by atoms with Crippen LogP contribution in [-0.4, -0.2) is 9.55 Å². The van der Waals surface area contributed by atoms with Crippen molar-refractivity contribution in [1.82, 2.24) is 14.9 Å². The lowest BCUT2D eigenvalue weighted by Crippen LogP contribution is -2.26. The van der Waals surface area contributed by atoms with Crippen molar-refractivity contribution in [3.63, 3.8) is 0 Å². The molecule has 2 aromatic carbocycles. The van der Waals surface area contributed by atoms with Crippen LogP contribution < -0.4 is 5.32 Å². The number of benzene rings is 2. The second-order valence-corrected chi connectivity index (χ2v) is 7.65. The summed E-state index contributed by atoms with van der Waals surface area (Å²) in [5, 5.41) is 5.01. The van der Waals surface area contributed by atoms with E-state index in [0.29, 0.717) is 22.6 Å². The highest BCUT2D eigenvalue weighted by atomic mass is 35.5. The molecule has 1 aliphatic rings. The highest BCUT2D eigenvalue weighted by Crippen LogP contribution is 2.29. The van der Waals surface area contributed by atoms with Gasteiger partial charge in [-0.05, 0) is 54.2 Å². The van der Waals surface area contributed by atoms with Gasteiger partial charge in [0.1, 0.15) is 5.82 Å². The maximum atomic E-state index is 6.12. The maximum absolute atomic E-state index is 6.12. The van der Waals surface area contributed by atoms with Gasteiger partial charge in [-0.25, -0.2) is 4.98 Å². The monoisotopic (exact) mass is 385 g/mol. The van der Waals surface area contributed by atoms with Gasteiger partial charge >= 0.3 is 0 Å². The van der Waals surface area contributed by atoms with Crippen LogP contribution in [-0.2, 0) is 19.5 Å². The van der Waals surface area contributed by atoms with E-state index in [0.717, 1.165) is 17.9 Å². The lowest BCUT2D eigenvalue weighted by atomic mass is 9.88. The molecule has 1 aromatic heterocycles. The third-order valence-electron chi connectivity index (χ3n) is 4.95. The molecule has 3 aromatic rings. The van der Waals surface area contributed by atoms with Gasteiger partial charge in [0.2, 0.25) is 0 Å². The van der Waals surface area contributed by atoms with Crippen LogP contribution in [0.2, 0.25) is 10.0 Å². The highest BCUT2D eigenvalue weighted by molar-refractivity contribution is 6.34. The van der Waals surface area contributed by atoms with E-state index in [2.05, 4.69) is 39.1 Å². The Bertz CT molecular complexity index is 884. The largest absolute Gasteiger partial charge is 0.329 e. The molecular weight excluding hydrogens is 365 g/mol. The Hall–Kier alpha value is -1.81. The summed E-state index contributed by atoms with van der Waals surface area (Å²) in [7, 11) is 0. The zero-order valence-electron chi connectivity index (χ0n) is 14.5. The molecule has 0 saturated heterocycles. The fourth-order valence-electron chi connectivity index (χ4n) is 3.73. The van der Waals surface area contributed by atoms with Crippen molar-refractivity contribution in [1.29, 1.82) is 0 Å². The summed E-state index contributed by atoms with van der Waals surface area (Å²) in [6.45, 7) is 1.44. The molecule has 1 N–H and O–H groups in total. The third kappa shape index (κ3) is 3.96. The van der Waals surface area contributed by atoms with Crippen molar-refractivity contribution in [2.24, 2.45) is 0 Å². The smallest absolute Gasteiger partial charge is 0.122 e. The first-order valence-electron chi connectivity index (χ1n) is 8.95. The van der Waals surface area contributed by atoms with Crippen LogP contribution in [0.4, 0.5) is 0 Å². The third-order valence-corrected chi connectivity index (χ3v) is 5.39. The standard InChI is InChI=1S/C21H21Cl2N3/c22-17-10-15(11-18(23)12-17)14-26-9-8-24-21(26)13-25-20-7-3-5-16-4-1-2-6-19(16)20/h1-2,4,6,8-12,20,25H,3,5,7,13-14H2. The lowest BCUT2D eigenvalue weighted by Gasteiger charge is -2.26. The minimum absolute atomic E-state index is 0.394. The summed E-state index contributed by atoms with van der Waals surface area (Å²) in [5.41, 5.74) is 3.97. The van der Waals surface area contributed by atoms with Gasteiger partial charge in [-0.1, -0.05) is 47.5 Å². The van der Waals surface area contributed by atoms with Crippen LogP contribution in [0.15, 0.2) is 54.9 Å². The molecule has 5 heteroatoms. The van der Waals surface area contributed by atoms with Crippen LogP contribution in [0.1, 0.15) is 41.4 Å². The van der Waals surface area contributed by atoms with Gasteiger partial charge in [0.25, 0.3) is 0 Å². The Labute approximate surface area is 164 Å². The molecule has 4 rings (SSSR count). The Kier molecular flexibility index (Phi) is 5.30. The Balaban J connectivity index is 1.47. The van der Waals surface area contributed by atoms with E-state index in [4.69, 9.17) is 23.2 Å². The minimum atomic E-state index is 0.394. The molecule has 1 atom stereocenters. The maximum Gasteiger partial charge on any atom is 0.122 e. The summed E-state index contributed by atoms with van der Waals surface area (Å²) in [5.74, 6) is 1.02. The van der Waals surface area contributed by atoms with Crippen LogP contribution in [0.25, 0.3) is 0 Å². The molecule has 0 amide bonds. The first-order valence-corrected chi connectivity index (χ1v) is 9.71. The molecule has 0 bridgehead atoms. The number of halogens is 2. The summed E-state index contributed by atoms with van der Waals surface area (Å²) >= 11 is 12.2. The van der Waals surface area contributed by atoms with E-state index in [9.17, 15) is 0 Å². The van der Waals surface area contributed by atoms with E-state index in [1.54, 1.807) is 6.07 Å². The molecule has 3 nitrogen and oxygen atoms in total. The number of aryl methyl sites for hydroxylation is 1. The lowest BCUT2D eigenvalue weighted by molar-refractivity contribution is 0.448. The van der Waals surface area contributed by atoms with E-state index in [1.807, 2.05) is 24.5 Å². The number of hydrogen-bond acceptors (Lipinski definition) is 2. The molecule has 134 valence electrons. The van der Waals surface area contributed by atoms with Crippen LogP contribution in [0.5, 0.6) is 0 Å². The molecule has 1 aliphatic carbocycles. The molecule has 1 heterocycles. The first kappa shape index (κ1) is 17.6. The van der Waals surface area contributed by atoms with Crippen LogP contribution in [0, 0.1) is 0 Å². The molecule has 0 spiro atoms. The number of rotatable bonds is 5. The normalized spacial score (nSPS) is 16.5. The average molecular weight is 386 g/mol. The Morgan fingerprint density at radius 2 is 1.92 bits per heavy atom. The van der Waals surface area contributed by atoms with Crippen LogP contribution >= 0.6 is 23.2 Å². The summed E-state index contributed by atoms with van der Waals surface area (Å²) in [4.78, 5) is 4.53. The predicted octanol–water partition coefficient (Wildman–Crippen LogP) is 5.41. The number of nitrogens with zero attached hydrogens (tertiary/aromatic N) is 2. The molecular formula is C21H21Cl2N3. The average Bonchev–Trinajstić information content (AvgIpc) is 3.06. The van der Waals surface area contributed by atoms with Gasteiger partial charge in [0.05, 0.1) is 6.54 Å². The zero-order chi connectivity index (χ0) is 17.9. The van der Waals surface area contributed by atoms with Gasteiger partial charge in [0, 0.05) is 35.0 Å². The van der Waals surface area contributed by atoms with E-state index < -0.39 is 0 Å². The van der Waals surface area contributed by atoms with Gasteiger partial charge in [-0.3, -0.25) is 0 Å². The predicted molar refractivity (Wildman–Crippen MR) is 107 cm³/mol. The molecule has 26 heavy (non-hydrogen) atoms. The van der Waals surface area contributed by atoms with Crippen molar-refractivity contribution in [3.8, 4) is 0 Å². The fraction of sp³-hybridized carbons (Fsp3) is 0.286. The number of fused-ring (bicyclic) bond motifs is 1. The molecule has 0 aliphatic heterocycles. The quantitative estimate of drug-likeness (QED) is 0.636.